The van der Waals surface area contributed by atoms with E-state index >= 15 is 0 Å². The van der Waals surface area contributed by atoms with Gasteiger partial charge < -0.3 is 20.5 Å². The summed E-state index contributed by atoms with van der Waals surface area (Å²) < 4.78 is 83.6. The molecule has 0 bridgehead atoms. The van der Waals surface area contributed by atoms with Crippen LogP contribution in [0.5, 0.6) is 11.6 Å². The predicted molar refractivity (Wildman–Crippen MR) is 108 cm³/mol. The van der Waals surface area contributed by atoms with Crippen LogP contribution in [0.25, 0.3) is 0 Å². The molecule has 2 aromatic rings. The number of nitrogens with zero attached hydrogens (tertiary/aromatic N) is 2. The number of pyridine rings is 1. The summed E-state index contributed by atoms with van der Waals surface area (Å²) in [6.07, 6.45) is -6.71. The van der Waals surface area contributed by atoms with Crippen molar-refractivity contribution in [2.75, 3.05) is 19.3 Å². The lowest BCUT2D eigenvalue weighted by Crippen LogP contribution is -2.29. The van der Waals surface area contributed by atoms with Crippen molar-refractivity contribution in [3.05, 3.63) is 53.2 Å². The van der Waals surface area contributed by atoms with E-state index in [1.807, 2.05) is 0 Å². The topological polar surface area (TPSA) is 143 Å². The molecular formula is C19H21F4N3O6S. The van der Waals surface area contributed by atoms with Crippen LogP contribution < -0.4 is 10.5 Å². The van der Waals surface area contributed by atoms with Gasteiger partial charge in [0.25, 0.3) is 16.0 Å². The first-order valence-corrected chi connectivity index (χ1v) is 11.1. The van der Waals surface area contributed by atoms with Crippen LogP contribution in [0.2, 0.25) is 0 Å². The molecule has 0 radical (unpaired) electrons. The van der Waals surface area contributed by atoms with Gasteiger partial charge in [-0.3, -0.25) is 9.35 Å². The third-order valence-corrected chi connectivity index (χ3v) is 4.20. The molecule has 3 rings (SSSR count). The first kappa shape index (κ1) is 26.4. The molecule has 33 heavy (non-hydrogen) atoms. The highest BCUT2D eigenvalue weighted by Crippen LogP contribution is 2.31. The summed E-state index contributed by atoms with van der Waals surface area (Å²) >= 11 is 0. The number of benzene rings is 1. The standard InChI is InChI=1S/C18H17F4N3O3.CH4O3S/c19-13-8-25(9-14(13)26)17(27)11-2-1-3-12(6-11)28-16-5-10(7-23)4-15(24-16)18(20,21)22;1-5(2,3)4/h1-6,13-14,26H,7-9,23H2;1H3,(H,2,3,4)/t13-,14-;/m1./s1. The van der Waals surface area contributed by atoms with E-state index in [4.69, 9.17) is 15.0 Å². The zero-order chi connectivity index (χ0) is 25.0. The quantitative estimate of drug-likeness (QED) is 0.432. The van der Waals surface area contributed by atoms with Crippen molar-refractivity contribution in [1.29, 1.82) is 0 Å². The number of aliphatic hydroxyl groups is 1. The summed E-state index contributed by atoms with van der Waals surface area (Å²) in [5.41, 5.74) is 4.62. The van der Waals surface area contributed by atoms with Crippen LogP contribution in [-0.2, 0) is 22.8 Å². The minimum atomic E-state index is -4.67. The first-order chi connectivity index (χ1) is 15.2. The molecule has 182 valence electrons. The Hall–Kier alpha value is -2.81. The number of alkyl halides is 4. The SMILES string of the molecule is CS(=O)(=O)O.NCc1cc(Oc2cccc(C(=O)N3C[C@@H](O)[C@H](F)C3)c2)nc(C(F)(F)F)c1. The summed E-state index contributed by atoms with van der Waals surface area (Å²) in [5, 5.41) is 9.45. The molecule has 1 saturated heterocycles. The summed E-state index contributed by atoms with van der Waals surface area (Å²) in [6.45, 7) is -0.511. The van der Waals surface area contributed by atoms with Crippen molar-refractivity contribution in [2.24, 2.45) is 5.73 Å². The lowest BCUT2D eigenvalue weighted by molar-refractivity contribution is -0.141. The van der Waals surface area contributed by atoms with E-state index in [0.29, 0.717) is 6.26 Å². The average molecular weight is 495 g/mol. The zero-order valence-corrected chi connectivity index (χ0v) is 18.0. The van der Waals surface area contributed by atoms with Crippen LogP contribution in [-0.4, -0.2) is 65.5 Å². The molecule has 1 fully saturated rings. The second-order valence-electron chi connectivity index (χ2n) is 7.06. The van der Waals surface area contributed by atoms with Gasteiger partial charge in [-0.15, -0.1) is 0 Å². The summed E-state index contributed by atoms with van der Waals surface area (Å²) in [4.78, 5) is 17.0. The molecule has 1 amide bonds. The number of amides is 1. The van der Waals surface area contributed by atoms with Crippen LogP contribution in [0.4, 0.5) is 17.6 Å². The molecule has 0 aliphatic carbocycles. The van der Waals surface area contributed by atoms with E-state index in [1.165, 1.54) is 30.3 Å². The number of hydrogen-bond acceptors (Lipinski definition) is 7. The fourth-order valence-corrected chi connectivity index (χ4v) is 2.78. The summed E-state index contributed by atoms with van der Waals surface area (Å²) in [6, 6.07) is 7.78. The Labute approximate surface area is 186 Å². The molecule has 0 spiro atoms. The van der Waals surface area contributed by atoms with Crippen LogP contribution in [0.1, 0.15) is 21.6 Å². The number of aliphatic hydroxyl groups excluding tert-OH is 1. The summed E-state index contributed by atoms with van der Waals surface area (Å²) in [7, 11) is -3.67. The Morgan fingerprint density at radius 3 is 2.42 bits per heavy atom. The van der Waals surface area contributed by atoms with E-state index in [9.17, 15) is 35.9 Å². The third kappa shape index (κ3) is 8.24. The Bertz CT molecular complexity index is 1080. The van der Waals surface area contributed by atoms with Crippen LogP contribution in [0.3, 0.4) is 0 Å². The minimum Gasteiger partial charge on any atom is -0.439 e. The van der Waals surface area contributed by atoms with Gasteiger partial charge in [0.05, 0.1) is 12.8 Å². The van der Waals surface area contributed by atoms with Crippen LogP contribution in [0.15, 0.2) is 36.4 Å². The second-order valence-corrected chi connectivity index (χ2v) is 8.52. The molecule has 9 nitrogen and oxygen atoms in total. The normalized spacial score (nSPS) is 18.5. The Morgan fingerprint density at radius 1 is 1.27 bits per heavy atom. The molecule has 0 saturated carbocycles. The molecule has 0 unspecified atom stereocenters. The van der Waals surface area contributed by atoms with E-state index < -0.39 is 40.2 Å². The highest BCUT2D eigenvalue weighted by atomic mass is 32.2. The number of halogens is 4. The molecule has 2 atom stereocenters. The number of β-amino-alcohol motifs (C(OH)–C–C–N with tert-alkyl or cyclic N) is 1. The predicted octanol–water partition coefficient (Wildman–Crippen LogP) is 2.01. The Balaban J connectivity index is 0.000000696. The molecule has 1 aromatic heterocycles. The molecular weight excluding hydrogens is 474 g/mol. The number of likely N-dealkylation sites (tertiary alicyclic amines) is 1. The van der Waals surface area contributed by atoms with Crippen molar-refractivity contribution in [3.8, 4) is 11.6 Å². The molecule has 14 heteroatoms. The van der Waals surface area contributed by atoms with Crippen LogP contribution in [0, 0.1) is 0 Å². The van der Waals surface area contributed by atoms with E-state index in [1.54, 1.807) is 0 Å². The lowest BCUT2D eigenvalue weighted by Gasteiger charge is -2.16. The molecule has 1 aliphatic heterocycles. The fraction of sp³-hybridized carbons (Fsp3) is 0.368. The number of nitrogens with two attached hydrogens (primary N) is 1. The number of rotatable bonds is 4. The van der Waals surface area contributed by atoms with Gasteiger partial charge in [-0.25, -0.2) is 9.37 Å². The van der Waals surface area contributed by atoms with Crippen molar-refractivity contribution in [1.82, 2.24) is 9.88 Å². The Kier molecular flexibility index (Phi) is 8.35. The second kappa shape index (κ2) is 10.4. The van der Waals surface area contributed by atoms with Gasteiger partial charge in [0.15, 0.2) is 0 Å². The van der Waals surface area contributed by atoms with Crippen molar-refractivity contribution in [2.45, 2.75) is 25.0 Å². The highest BCUT2D eigenvalue weighted by Gasteiger charge is 2.35. The van der Waals surface area contributed by atoms with E-state index in [2.05, 4.69) is 4.98 Å². The van der Waals surface area contributed by atoms with Gasteiger partial charge in [-0.05, 0) is 29.8 Å². The van der Waals surface area contributed by atoms with Gasteiger partial charge in [-0.2, -0.15) is 21.6 Å². The van der Waals surface area contributed by atoms with E-state index in [0.717, 1.165) is 11.0 Å². The molecule has 1 aliphatic rings. The average Bonchev–Trinajstić information content (AvgIpc) is 3.04. The number of carbonyl (C=O) groups is 1. The maximum atomic E-state index is 13.4. The maximum Gasteiger partial charge on any atom is 0.433 e. The lowest BCUT2D eigenvalue weighted by atomic mass is 10.2. The van der Waals surface area contributed by atoms with Crippen molar-refractivity contribution in [3.63, 3.8) is 0 Å². The van der Waals surface area contributed by atoms with Gasteiger partial charge >= 0.3 is 6.18 Å². The molecule has 4 N–H and O–H groups in total. The van der Waals surface area contributed by atoms with Gasteiger partial charge in [0.1, 0.15) is 23.7 Å². The van der Waals surface area contributed by atoms with Gasteiger partial charge in [0.2, 0.25) is 5.88 Å². The zero-order valence-electron chi connectivity index (χ0n) is 17.2. The maximum absolute atomic E-state index is 13.4. The number of hydrogen-bond donors (Lipinski definition) is 3. The summed E-state index contributed by atoms with van der Waals surface area (Å²) in [5.74, 6) is -0.762. The largest absolute Gasteiger partial charge is 0.439 e. The van der Waals surface area contributed by atoms with Crippen molar-refractivity contribution < 1.29 is 45.2 Å². The van der Waals surface area contributed by atoms with E-state index in [-0.39, 0.29) is 42.4 Å². The van der Waals surface area contributed by atoms with Crippen LogP contribution >= 0.6 is 0 Å². The number of carbonyl (C=O) groups excluding carboxylic acids is 1. The highest BCUT2D eigenvalue weighted by molar-refractivity contribution is 7.85. The Morgan fingerprint density at radius 2 is 1.91 bits per heavy atom. The fourth-order valence-electron chi connectivity index (χ4n) is 2.78. The monoisotopic (exact) mass is 495 g/mol. The van der Waals surface area contributed by atoms with Gasteiger partial charge in [-0.1, -0.05) is 6.07 Å². The first-order valence-electron chi connectivity index (χ1n) is 9.27. The number of ether oxygens (including phenoxy) is 1. The third-order valence-electron chi connectivity index (χ3n) is 4.20. The molecule has 2 heterocycles. The molecule has 1 aromatic carbocycles. The van der Waals surface area contributed by atoms with Crippen molar-refractivity contribution >= 4 is 16.0 Å². The number of aromatic nitrogens is 1. The minimum absolute atomic E-state index is 0.0807. The smallest absolute Gasteiger partial charge is 0.433 e. The van der Waals surface area contributed by atoms with Gasteiger partial charge in [0, 0.05) is 24.7 Å².